The second-order valence-corrected chi connectivity index (χ2v) is 2.44. The second-order valence-electron chi connectivity index (χ2n) is 2.44. The molecule has 2 aromatic heterocycles. The molecule has 0 spiro atoms. The monoisotopic (exact) mass is 236 g/mol. The zero-order valence-electron chi connectivity index (χ0n) is 6.94. The Morgan fingerprint density at radius 2 is 2.17 bits per heavy atom. The Hall–Kier alpha value is -0.346. The zero-order chi connectivity index (χ0) is 7.84. The molecule has 59 valence electrons. The van der Waals surface area contributed by atoms with E-state index in [4.69, 9.17) is 0 Å². The topological polar surface area (TPSA) is 43.6 Å². The maximum atomic E-state index is 4.14. The summed E-state index contributed by atoms with van der Waals surface area (Å²) >= 11 is 0. The molecule has 2 heterocycles. The molecule has 12 heavy (non-hydrogen) atoms. The number of aryl methyl sites for hydroxylation is 2. The maximum Gasteiger partial charge on any atom is 0.0832 e. The predicted octanol–water partition coefficient (Wildman–Crippen LogP) is 0.469. The van der Waals surface area contributed by atoms with E-state index in [0.29, 0.717) is 0 Å². The van der Waals surface area contributed by atoms with Gasteiger partial charge in [-0.1, -0.05) is 6.92 Å². The van der Waals surface area contributed by atoms with Gasteiger partial charge in [0, 0.05) is 57.2 Å². The first-order valence-electron chi connectivity index (χ1n) is 3.31. The molecular formula is C7H7N4Y-. The SMILES string of the molecule is Cc1n[c-]nc2c1ncn2C.[Y]. The molecule has 2 rings (SSSR count). The van der Waals surface area contributed by atoms with Gasteiger partial charge in [0.25, 0.3) is 0 Å². The van der Waals surface area contributed by atoms with Gasteiger partial charge < -0.3 is 14.5 Å². The van der Waals surface area contributed by atoms with Crippen LogP contribution in [0.5, 0.6) is 0 Å². The molecule has 5 heteroatoms. The van der Waals surface area contributed by atoms with E-state index in [0.717, 1.165) is 16.9 Å². The molecule has 0 amide bonds. The van der Waals surface area contributed by atoms with Crippen molar-refractivity contribution in [2.24, 2.45) is 7.05 Å². The number of imidazole rings is 1. The summed E-state index contributed by atoms with van der Waals surface area (Å²) in [5.41, 5.74) is 2.55. The van der Waals surface area contributed by atoms with Crippen LogP contribution < -0.4 is 0 Å². The summed E-state index contributed by atoms with van der Waals surface area (Å²) in [6.07, 6.45) is 4.29. The zero-order valence-corrected chi connectivity index (χ0v) is 9.78. The summed E-state index contributed by atoms with van der Waals surface area (Å²) in [5, 5.41) is 0. The maximum absolute atomic E-state index is 4.14. The molecule has 1 radical (unpaired) electrons. The molecular weight excluding hydrogens is 229 g/mol. The fourth-order valence-electron chi connectivity index (χ4n) is 1.01. The normalized spacial score (nSPS) is 9.83. The van der Waals surface area contributed by atoms with Gasteiger partial charge in [0.1, 0.15) is 0 Å². The van der Waals surface area contributed by atoms with Crippen molar-refractivity contribution in [3.05, 3.63) is 18.3 Å². The molecule has 0 aliphatic heterocycles. The average molecular weight is 236 g/mol. The second kappa shape index (κ2) is 3.58. The Morgan fingerprint density at radius 3 is 2.83 bits per heavy atom. The van der Waals surface area contributed by atoms with E-state index in [-0.39, 0.29) is 32.7 Å². The minimum Gasteiger partial charge on any atom is -0.372 e. The molecule has 0 bridgehead atoms. The number of aromatic nitrogens is 4. The van der Waals surface area contributed by atoms with Crippen molar-refractivity contribution in [3.8, 4) is 0 Å². The molecule has 0 fully saturated rings. The van der Waals surface area contributed by atoms with E-state index in [9.17, 15) is 0 Å². The van der Waals surface area contributed by atoms with Crippen LogP contribution in [0.2, 0.25) is 0 Å². The number of fused-ring (bicyclic) bond motifs is 1. The largest absolute Gasteiger partial charge is 0.372 e. The van der Waals surface area contributed by atoms with Crippen molar-refractivity contribution < 1.29 is 32.7 Å². The molecule has 0 atom stereocenters. The first kappa shape index (κ1) is 9.74. The fraction of sp³-hybridized carbons (Fsp3) is 0.286. The molecule has 0 unspecified atom stereocenters. The Balaban J connectivity index is 0.000000720. The van der Waals surface area contributed by atoms with Gasteiger partial charge in [0.05, 0.1) is 6.33 Å². The smallest absolute Gasteiger partial charge is 0.0832 e. The van der Waals surface area contributed by atoms with E-state index in [2.05, 4.69) is 21.3 Å². The van der Waals surface area contributed by atoms with Crippen molar-refractivity contribution in [3.63, 3.8) is 0 Å². The van der Waals surface area contributed by atoms with Gasteiger partial charge in [-0.05, 0) is 5.69 Å². The van der Waals surface area contributed by atoms with Crippen LogP contribution in [-0.4, -0.2) is 19.5 Å². The summed E-state index contributed by atoms with van der Waals surface area (Å²) < 4.78 is 1.85. The Bertz CT molecular complexity index is 395. The molecule has 0 aliphatic rings. The number of hydrogen-bond donors (Lipinski definition) is 0. The van der Waals surface area contributed by atoms with Crippen LogP contribution in [0.25, 0.3) is 11.2 Å². The molecule has 0 saturated carbocycles. The van der Waals surface area contributed by atoms with Crippen LogP contribution in [0.15, 0.2) is 6.33 Å². The van der Waals surface area contributed by atoms with Gasteiger partial charge in [0.15, 0.2) is 0 Å². The Labute approximate surface area is 95.3 Å². The quantitative estimate of drug-likeness (QED) is 0.624. The average Bonchev–Trinajstić information content (AvgIpc) is 2.35. The summed E-state index contributed by atoms with van der Waals surface area (Å²) in [6, 6.07) is 0. The first-order chi connectivity index (χ1) is 5.29. The van der Waals surface area contributed by atoms with Crippen molar-refractivity contribution in [2.45, 2.75) is 6.92 Å². The van der Waals surface area contributed by atoms with E-state index < -0.39 is 0 Å². The third kappa shape index (κ3) is 1.41. The van der Waals surface area contributed by atoms with Gasteiger partial charge in [-0.15, -0.1) is 0 Å². The summed E-state index contributed by atoms with van der Waals surface area (Å²) in [5.74, 6) is 0. The molecule has 0 N–H and O–H groups in total. The molecule has 0 aromatic carbocycles. The van der Waals surface area contributed by atoms with Gasteiger partial charge in [-0.2, -0.15) is 0 Å². The van der Waals surface area contributed by atoms with Crippen molar-refractivity contribution in [1.29, 1.82) is 0 Å². The minimum atomic E-state index is 0. The van der Waals surface area contributed by atoms with Crippen molar-refractivity contribution in [1.82, 2.24) is 19.5 Å². The number of hydrogen-bond acceptors (Lipinski definition) is 3. The predicted molar refractivity (Wildman–Crippen MR) is 39.9 cm³/mol. The first-order valence-corrected chi connectivity index (χ1v) is 3.31. The molecule has 0 aliphatic carbocycles. The van der Waals surface area contributed by atoms with Crippen LogP contribution in [-0.2, 0) is 39.8 Å². The Morgan fingerprint density at radius 1 is 1.42 bits per heavy atom. The van der Waals surface area contributed by atoms with E-state index in [1.165, 1.54) is 0 Å². The van der Waals surface area contributed by atoms with Crippen LogP contribution in [0.1, 0.15) is 5.69 Å². The fourth-order valence-corrected chi connectivity index (χ4v) is 1.01. The molecule has 2 aromatic rings. The van der Waals surface area contributed by atoms with Gasteiger partial charge in [-0.25, -0.2) is 0 Å². The molecule has 4 nitrogen and oxygen atoms in total. The number of rotatable bonds is 0. The summed E-state index contributed by atoms with van der Waals surface area (Å²) in [6.45, 7) is 1.90. The van der Waals surface area contributed by atoms with Crippen LogP contribution in [0.4, 0.5) is 0 Å². The summed E-state index contributed by atoms with van der Waals surface area (Å²) in [7, 11) is 1.90. The third-order valence-electron chi connectivity index (χ3n) is 1.62. The number of nitrogens with zero attached hydrogens (tertiary/aromatic N) is 4. The van der Waals surface area contributed by atoms with Crippen molar-refractivity contribution in [2.75, 3.05) is 0 Å². The standard InChI is InChI=1S/C7H7N4.Y/c1-5-6-7(9-3-8-5)11(2)4-10-6;/h4H,1-2H3;/q-1;. The van der Waals surface area contributed by atoms with E-state index >= 15 is 0 Å². The minimum absolute atomic E-state index is 0. The van der Waals surface area contributed by atoms with Gasteiger partial charge in [0.2, 0.25) is 0 Å². The van der Waals surface area contributed by atoms with Crippen LogP contribution in [0, 0.1) is 13.3 Å². The van der Waals surface area contributed by atoms with Crippen LogP contribution >= 0.6 is 0 Å². The molecule has 0 saturated heterocycles. The van der Waals surface area contributed by atoms with Crippen molar-refractivity contribution >= 4 is 11.2 Å². The van der Waals surface area contributed by atoms with Gasteiger partial charge in [-0.3, -0.25) is 4.98 Å². The Kier molecular flexibility index (Phi) is 2.91. The van der Waals surface area contributed by atoms with Gasteiger partial charge >= 0.3 is 0 Å². The third-order valence-corrected chi connectivity index (χ3v) is 1.62. The summed E-state index contributed by atoms with van der Waals surface area (Å²) in [4.78, 5) is 12.0. The van der Waals surface area contributed by atoms with E-state index in [1.54, 1.807) is 6.33 Å². The van der Waals surface area contributed by atoms with E-state index in [1.807, 2.05) is 18.5 Å². The van der Waals surface area contributed by atoms with Crippen LogP contribution in [0.3, 0.4) is 0 Å².